The molecular weight excluding hydrogens is 498 g/mol. The van der Waals surface area contributed by atoms with Crippen LogP contribution in [0.5, 0.6) is 0 Å². The number of hydrogen-bond acceptors (Lipinski definition) is 8. The third kappa shape index (κ3) is 3.97. The van der Waals surface area contributed by atoms with E-state index in [1.54, 1.807) is 6.20 Å². The summed E-state index contributed by atoms with van der Waals surface area (Å²) >= 11 is 1.48. The van der Waals surface area contributed by atoms with E-state index in [0.717, 1.165) is 62.3 Å². The Morgan fingerprint density at radius 3 is 2.55 bits per heavy atom. The fourth-order valence-electron chi connectivity index (χ4n) is 6.62. The number of likely N-dealkylation sites (tertiary alicyclic amines) is 2. The molecule has 10 heteroatoms. The molecule has 3 aliphatic heterocycles. The Kier molecular flexibility index (Phi) is 5.86. The molecule has 0 saturated carbocycles. The molecule has 38 heavy (non-hydrogen) atoms. The molecule has 198 valence electrons. The molecule has 1 N–H and O–H groups in total. The zero-order valence-corrected chi connectivity index (χ0v) is 22.7. The number of rotatable bonds is 4. The number of fused-ring (bicyclic) bond motifs is 6. The Hall–Kier alpha value is -3.08. The molecule has 3 aromatic heterocycles. The van der Waals surface area contributed by atoms with Crippen molar-refractivity contribution in [3.05, 3.63) is 46.2 Å². The van der Waals surface area contributed by atoms with E-state index in [1.165, 1.54) is 11.3 Å². The maximum atomic E-state index is 13.8. The highest BCUT2D eigenvalue weighted by molar-refractivity contribution is 7.24. The fourth-order valence-corrected chi connectivity index (χ4v) is 7.80. The van der Waals surface area contributed by atoms with Crippen molar-refractivity contribution in [1.82, 2.24) is 29.5 Å². The average molecular weight is 532 g/mol. The predicted molar refractivity (Wildman–Crippen MR) is 151 cm³/mol. The molecule has 2 atom stereocenters. The summed E-state index contributed by atoms with van der Waals surface area (Å²) in [5, 5.41) is 3.48. The zero-order valence-electron chi connectivity index (χ0n) is 21.9. The standard InChI is InChI=1S/C28H33N7O2S/c1-32-9-7-17(8-10-32)11-29-26(37)23-24(36)20-12-30-28(34-15-18-13-33(2)14-19(18)16-34)31-25(20)35-21-5-3-4-6-22(21)38-27(23)35/h3-6,12,17-19H,7-11,13-16H2,1-2H3,(H,29,37). The second-order valence-electron chi connectivity index (χ2n) is 11.4. The topological polar surface area (TPSA) is 86.1 Å². The number of benzene rings is 1. The number of para-hydroxylation sites is 1. The van der Waals surface area contributed by atoms with E-state index in [-0.39, 0.29) is 16.9 Å². The smallest absolute Gasteiger partial charge is 0.258 e. The Bertz CT molecular complexity index is 1590. The minimum Gasteiger partial charge on any atom is -0.352 e. The predicted octanol–water partition coefficient (Wildman–Crippen LogP) is 2.53. The van der Waals surface area contributed by atoms with Crippen LogP contribution in [0.4, 0.5) is 5.95 Å². The molecule has 3 fully saturated rings. The summed E-state index contributed by atoms with van der Waals surface area (Å²) < 4.78 is 3.01. The highest BCUT2D eigenvalue weighted by Crippen LogP contribution is 2.34. The average Bonchev–Trinajstić information content (AvgIpc) is 3.59. The number of aromatic nitrogens is 3. The van der Waals surface area contributed by atoms with Crippen LogP contribution in [0.25, 0.3) is 26.1 Å². The van der Waals surface area contributed by atoms with Gasteiger partial charge in [0.2, 0.25) is 11.4 Å². The minimum atomic E-state index is -0.305. The number of hydrogen-bond donors (Lipinski definition) is 1. The lowest BCUT2D eigenvalue weighted by Gasteiger charge is -2.28. The van der Waals surface area contributed by atoms with Gasteiger partial charge in [-0.05, 0) is 69.9 Å². The Morgan fingerprint density at radius 2 is 1.79 bits per heavy atom. The van der Waals surface area contributed by atoms with Gasteiger partial charge in [0.25, 0.3) is 5.91 Å². The highest BCUT2D eigenvalue weighted by atomic mass is 32.1. The number of anilines is 1. The molecule has 6 heterocycles. The summed E-state index contributed by atoms with van der Waals surface area (Å²) in [7, 11) is 4.31. The van der Waals surface area contributed by atoms with Crippen LogP contribution < -0.4 is 15.6 Å². The van der Waals surface area contributed by atoms with Gasteiger partial charge in [0.15, 0.2) is 5.65 Å². The van der Waals surface area contributed by atoms with Gasteiger partial charge in [0.05, 0.1) is 15.6 Å². The van der Waals surface area contributed by atoms with Gasteiger partial charge >= 0.3 is 0 Å². The van der Waals surface area contributed by atoms with Crippen LogP contribution >= 0.6 is 11.3 Å². The molecule has 1 amide bonds. The maximum Gasteiger partial charge on any atom is 0.258 e. The molecule has 4 aromatic rings. The molecule has 3 saturated heterocycles. The number of pyridine rings is 1. The monoisotopic (exact) mass is 531 g/mol. The normalized spacial score (nSPS) is 23.2. The quantitative estimate of drug-likeness (QED) is 0.433. The summed E-state index contributed by atoms with van der Waals surface area (Å²) in [6, 6.07) is 8.03. The van der Waals surface area contributed by atoms with E-state index in [9.17, 15) is 9.59 Å². The molecule has 2 unspecified atom stereocenters. The lowest BCUT2D eigenvalue weighted by Crippen LogP contribution is -2.38. The number of piperidine rings is 1. The lowest BCUT2D eigenvalue weighted by atomic mass is 9.97. The summed E-state index contributed by atoms with van der Waals surface area (Å²) in [5.41, 5.74) is 1.43. The Labute approximate surface area is 225 Å². The van der Waals surface area contributed by atoms with Crippen LogP contribution in [-0.2, 0) is 0 Å². The van der Waals surface area contributed by atoms with E-state index < -0.39 is 0 Å². The second-order valence-corrected chi connectivity index (χ2v) is 12.5. The minimum absolute atomic E-state index is 0.196. The van der Waals surface area contributed by atoms with E-state index in [1.807, 2.05) is 28.7 Å². The van der Waals surface area contributed by atoms with Crippen molar-refractivity contribution in [2.24, 2.45) is 17.8 Å². The van der Waals surface area contributed by atoms with Gasteiger partial charge in [0, 0.05) is 38.9 Å². The zero-order chi connectivity index (χ0) is 26.0. The van der Waals surface area contributed by atoms with Crippen LogP contribution in [-0.4, -0.2) is 90.0 Å². The first kappa shape index (κ1) is 24.0. The van der Waals surface area contributed by atoms with Crippen LogP contribution in [0.2, 0.25) is 0 Å². The molecule has 0 radical (unpaired) electrons. The Balaban J connectivity index is 1.30. The third-order valence-corrected chi connectivity index (χ3v) is 9.88. The van der Waals surface area contributed by atoms with Crippen molar-refractivity contribution in [3.63, 3.8) is 0 Å². The number of nitrogens with zero attached hydrogens (tertiary/aromatic N) is 6. The number of amides is 1. The van der Waals surface area contributed by atoms with Gasteiger partial charge in [-0.3, -0.25) is 14.0 Å². The number of carbonyl (C=O) groups is 1. The summed E-state index contributed by atoms with van der Waals surface area (Å²) in [4.78, 5) is 44.6. The van der Waals surface area contributed by atoms with Crippen molar-refractivity contribution in [2.45, 2.75) is 12.8 Å². The van der Waals surface area contributed by atoms with E-state index >= 15 is 0 Å². The summed E-state index contributed by atoms with van der Waals surface area (Å²) in [6.45, 7) is 6.72. The largest absolute Gasteiger partial charge is 0.352 e. The molecule has 0 spiro atoms. The first-order valence-electron chi connectivity index (χ1n) is 13.6. The molecule has 9 nitrogen and oxygen atoms in total. The number of nitrogens with one attached hydrogen (secondary N) is 1. The highest BCUT2D eigenvalue weighted by Gasteiger charge is 2.39. The van der Waals surface area contributed by atoms with E-state index in [4.69, 9.17) is 4.98 Å². The summed E-state index contributed by atoms with van der Waals surface area (Å²) in [6.07, 6.45) is 3.74. The van der Waals surface area contributed by atoms with E-state index in [0.29, 0.717) is 46.1 Å². The molecule has 0 aliphatic carbocycles. The van der Waals surface area contributed by atoms with Crippen molar-refractivity contribution in [2.75, 3.05) is 64.8 Å². The van der Waals surface area contributed by atoms with E-state index in [2.05, 4.69) is 39.1 Å². The SMILES string of the molecule is CN1CCC(CNC(=O)c2c(=O)c3cnc(N4CC5CN(C)CC5C4)nc3n3c2sc2ccccc23)CC1. The lowest BCUT2D eigenvalue weighted by molar-refractivity contribution is 0.0939. The third-order valence-electron chi connectivity index (χ3n) is 8.74. The van der Waals surface area contributed by atoms with Gasteiger partial charge in [0.1, 0.15) is 10.4 Å². The van der Waals surface area contributed by atoms with Crippen molar-refractivity contribution >= 4 is 49.3 Å². The molecular formula is C28H33N7O2S. The fraction of sp³-hybridized carbons (Fsp3) is 0.500. The second kappa shape index (κ2) is 9.29. The van der Waals surface area contributed by atoms with Gasteiger partial charge in [-0.25, -0.2) is 4.98 Å². The first-order chi connectivity index (χ1) is 18.5. The molecule has 0 bridgehead atoms. The van der Waals surface area contributed by atoms with Gasteiger partial charge in [-0.1, -0.05) is 12.1 Å². The van der Waals surface area contributed by atoms with Gasteiger partial charge in [-0.15, -0.1) is 11.3 Å². The summed E-state index contributed by atoms with van der Waals surface area (Å²) in [5.74, 6) is 2.04. The van der Waals surface area contributed by atoms with Crippen molar-refractivity contribution in [3.8, 4) is 0 Å². The van der Waals surface area contributed by atoms with Crippen LogP contribution in [0.1, 0.15) is 23.2 Å². The van der Waals surface area contributed by atoms with Crippen LogP contribution in [0.3, 0.4) is 0 Å². The van der Waals surface area contributed by atoms with Crippen LogP contribution in [0, 0.1) is 17.8 Å². The molecule has 7 rings (SSSR count). The van der Waals surface area contributed by atoms with Crippen LogP contribution in [0.15, 0.2) is 35.3 Å². The first-order valence-corrected chi connectivity index (χ1v) is 14.4. The molecule has 3 aliphatic rings. The van der Waals surface area contributed by atoms with Gasteiger partial charge in [-0.2, -0.15) is 4.98 Å². The van der Waals surface area contributed by atoms with Crippen molar-refractivity contribution in [1.29, 1.82) is 0 Å². The van der Waals surface area contributed by atoms with Gasteiger partial charge < -0.3 is 20.0 Å². The number of thiazole rings is 1. The molecule has 1 aromatic carbocycles. The van der Waals surface area contributed by atoms with Crippen molar-refractivity contribution < 1.29 is 4.79 Å². The maximum absolute atomic E-state index is 13.8. The number of carbonyl (C=O) groups excluding carboxylic acids is 1. The Morgan fingerprint density at radius 1 is 1.05 bits per heavy atom.